The van der Waals surface area contributed by atoms with Gasteiger partial charge in [0.15, 0.2) is 11.6 Å². The van der Waals surface area contributed by atoms with Crippen molar-refractivity contribution in [3.05, 3.63) is 52.5 Å². The second-order valence-electron chi connectivity index (χ2n) is 3.48. The fourth-order valence-corrected chi connectivity index (χ4v) is 1.99. The summed E-state index contributed by atoms with van der Waals surface area (Å²) in [5.74, 6) is -0.655. The van der Waals surface area contributed by atoms with E-state index in [9.17, 15) is 8.78 Å². The van der Waals surface area contributed by atoms with Crippen LogP contribution in [0.15, 0.2) is 40.9 Å². The molecule has 0 aliphatic heterocycles. The average molecular weight is 299 g/mol. The van der Waals surface area contributed by atoms with Crippen LogP contribution in [-0.4, -0.2) is 7.11 Å². The summed E-state index contributed by atoms with van der Waals surface area (Å²) in [4.78, 5) is 0. The van der Waals surface area contributed by atoms with Gasteiger partial charge < -0.3 is 4.74 Å². The molecule has 4 heteroatoms. The lowest BCUT2D eigenvalue weighted by Gasteiger charge is -2.08. The summed E-state index contributed by atoms with van der Waals surface area (Å²) < 4.78 is 32.4. The minimum absolute atomic E-state index is 0.152. The summed E-state index contributed by atoms with van der Waals surface area (Å²) in [6, 6.07) is 8.82. The highest BCUT2D eigenvalue weighted by Crippen LogP contribution is 2.32. The predicted octanol–water partition coefficient (Wildman–Crippen LogP) is 4.40. The molecular weight excluding hydrogens is 290 g/mol. The van der Waals surface area contributed by atoms with Crippen LogP contribution in [0.4, 0.5) is 8.78 Å². The van der Waals surface area contributed by atoms with Gasteiger partial charge in [-0.15, -0.1) is 0 Å². The van der Waals surface area contributed by atoms with Gasteiger partial charge in [-0.3, -0.25) is 0 Å². The van der Waals surface area contributed by atoms with Gasteiger partial charge in [0.1, 0.15) is 5.82 Å². The first-order valence-corrected chi connectivity index (χ1v) is 5.70. The third kappa shape index (κ3) is 2.47. The molecular formula is C13H9BrF2O. The topological polar surface area (TPSA) is 9.23 Å². The molecule has 2 aromatic carbocycles. The Balaban J connectivity index is 2.58. The van der Waals surface area contributed by atoms with E-state index in [0.717, 1.165) is 0 Å². The fourth-order valence-electron chi connectivity index (χ4n) is 1.55. The lowest BCUT2D eigenvalue weighted by Crippen LogP contribution is -1.92. The molecule has 0 saturated carbocycles. The Morgan fingerprint density at radius 2 is 1.71 bits per heavy atom. The van der Waals surface area contributed by atoms with Crippen molar-refractivity contribution in [2.75, 3.05) is 7.11 Å². The van der Waals surface area contributed by atoms with Gasteiger partial charge in [-0.2, -0.15) is 0 Å². The Morgan fingerprint density at radius 1 is 1.06 bits per heavy atom. The lowest BCUT2D eigenvalue weighted by atomic mass is 10.0. The zero-order chi connectivity index (χ0) is 12.4. The minimum Gasteiger partial charge on any atom is -0.494 e. The second kappa shape index (κ2) is 4.84. The van der Waals surface area contributed by atoms with Crippen LogP contribution in [0, 0.1) is 11.6 Å². The Labute approximate surface area is 106 Å². The maximum absolute atomic E-state index is 14.0. The van der Waals surface area contributed by atoms with E-state index in [2.05, 4.69) is 15.9 Å². The molecule has 1 nitrogen and oxygen atoms in total. The van der Waals surface area contributed by atoms with E-state index in [1.165, 1.54) is 31.4 Å². The normalized spacial score (nSPS) is 10.4. The highest BCUT2D eigenvalue weighted by Gasteiger charge is 2.12. The highest BCUT2D eigenvalue weighted by molar-refractivity contribution is 9.10. The summed E-state index contributed by atoms with van der Waals surface area (Å²) in [5.41, 5.74) is 0.972. The summed E-state index contributed by atoms with van der Waals surface area (Å²) >= 11 is 3.28. The standard InChI is InChI=1S/C13H9BrF2O/c1-17-12-7-9(14)6-11(13(12)16)8-2-4-10(15)5-3-8/h2-7H,1H3. The van der Waals surface area contributed by atoms with Gasteiger partial charge in [-0.1, -0.05) is 28.1 Å². The quantitative estimate of drug-likeness (QED) is 0.798. The van der Waals surface area contributed by atoms with Gasteiger partial charge in [-0.05, 0) is 29.8 Å². The number of benzene rings is 2. The zero-order valence-electron chi connectivity index (χ0n) is 9.01. The maximum Gasteiger partial charge on any atom is 0.172 e. The first kappa shape index (κ1) is 12.0. The molecule has 17 heavy (non-hydrogen) atoms. The van der Waals surface area contributed by atoms with Crippen molar-refractivity contribution in [1.82, 2.24) is 0 Å². The van der Waals surface area contributed by atoms with Crippen molar-refractivity contribution in [3.8, 4) is 16.9 Å². The lowest BCUT2D eigenvalue weighted by molar-refractivity contribution is 0.387. The number of methoxy groups -OCH3 is 1. The Morgan fingerprint density at radius 3 is 2.29 bits per heavy atom. The molecule has 0 N–H and O–H groups in total. The van der Waals surface area contributed by atoms with Crippen LogP contribution in [-0.2, 0) is 0 Å². The van der Waals surface area contributed by atoms with Crippen LogP contribution in [0.5, 0.6) is 5.75 Å². The van der Waals surface area contributed by atoms with Gasteiger partial charge in [0.05, 0.1) is 7.11 Å². The van der Waals surface area contributed by atoms with Gasteiger partial charge in [0.25, 0.3) is 0 Å². The van der Waals surface area contributed by atoms with Crippen LogP contribution in [0.25, 0.3) is 11.1 Å². The van der Waals surface area contributed by atoms with Gasteiger partial charge >= 0.3 is 0 Å². The molecule has 0 heterocycles. The molecule has 0 atom stereocenters. The van der Waals surface area contributed by atoms with Gasteiger partial charge in [0, 0.05) is 10.0 Å². The molecule has 0 spiro atoms. The summed E-state index contributed by atoms with van der Waals surface area (Å²) in [6.45, 7) is 0. The summed E-state index contributed by atoms with van der Waals surface area (Å²) in [7, 11) is 1.40. The van der Waals surface area contributed by atoms with E-state index >= 15 is 0 Å². The largest absolute Gasteiger partial charge is 0.494 e. The molecule has 0 bridgehead atoms. The molecule has 0 saturated heterocycles. The van der Waals surface area contributed by atoms with E-state index in [0.29, 0.717) is 15.6 Å². The number of hydrogen-bond acceptors (Lipinski definition) is 1. The second-order valence-corrected chi connectivity index (χ2v) is 4.39. The smallest absolute Gasteiger partial charge is 0.172 e. The number of halogens is 3. The van der Waals surface area contributed by atoms with Crippen LogP contribution in [0.2, 0.25) is 0 Å². The van der Waals surface area contributed by atoms with Crippen LogP contribution < -0.4 is 4.74 Å². The summed E-state index contributed by atoms with van der Waals surface area (Å²) in [6.07, 6.45) is 0. The van der Waals surface area contributed by atoms with Gasteiger partial charge in [-0.25, -0.2) is 8.78 Å². The van der Waals surface area contributed by atoms with E-state index in [1.807, 2.05) is 0 Å². The molecule has 0 unspecified atom stereocenters. The first-order valence-electron chi connectivity index (χ1n) is 4.91. The molecule has 0 fully saturated rings. The van der Waals surface area contributed by atoms with Crippen molar-refractivity contribution in [3.63, 3.8) is 0 Å². The number of ether oxygens (including phenoxy) is 1. The van der Waals surface area contributed by atoms with Crippen molar-refractivity contribution in [2.45, 2.75) is 0 Å². The van der Waals surface area contributed by atoms with E-state index in [1.54, 1.807) is 12.1 Å². The molecule has 0 aromatic heterocycles. The van der Waals surface area contributed by atoms with E-state index in [4.69, 9.17) is 4.74 Å². The first-order chi connectivity index (χ1) is 8.11. The van der Waals surface area contributed by atoms with E-state index in [-0.39, 0.29) is 11.6 Å². The monoisotopic (exact) mass is 298 g/mol. The van der Waals surface area contributed by atoms with E-state index < -0.39 is 5.82 Å². The average Bonchev–Trinajstić information content (AvgIpc) is 2.33. The molecule has 0 aliphatic carbocycles. The molecule has 2 aromatic rings. The SMILES string of the molecule is COc1cc(Br)cc(-c2ccc(F)cc2)c1F. The van der Waals surface area contributed by atoms with Crippen LogP contribution in [0.1, 0.15) is 0 Å². The Bertz CT molecular complexity index is 538. The highest BCUT2D eigenvalue weighted by atomic mass is 79.9. The fraction of sp³-hybridized carbons (Fsp3) is 0.0769. The van der Waals surface area contributed by atoms with Crippen molar-refractivity contribution in [1.29, 1.82) is 0 Å². The Kier molecular flexibility index (Phi) is 3.43. The minimum atomic E-state index is -0.456. The van der Waals surface area contributed by atoms with Crippen molar-refractivity contribution >= 4 is 15.9 Å². The summed E-state index contributed by atoms with van der Waals surface area (Å²) in [5, 5.41) is 0. The van der Waals surface area contributed by atoms with Gasteiger partial charge in [0.2, 0.25) is 0 Å². The molecule has 0 amide bonds. The predicted molar refractivity (Wildman–Crippen MR) is 66.0 cm³/mol. The zero-order valence-corrected chi connectivity index (χ0v) is 10.6. The van der Waals surface area contributed by atoms with Crippen LogP contribution in [0.3, 0.4) is 0 Å². The number of hydrogen-bond donors (Lipinski definition) is 0. The molecule has 88 valence electrons. The molecule has 0 aliphatic rings. The Hall–Kier alpha value is -1.42. The van der Waals surface area contributed by atoms with Crippen molar-refractivity contribution < 1.29 is 13.5 Å². The number of rotatable bonds is 2. The molecule has 2 rings (SSSR count). The maximum atomic E-state index is 14.0. The third-order valence-corrected chi connectivity index (χ3v) is 2.84. The third-order valence-electron chi connectivity index (χ3n) is 2.38. The van der Waals surface area contributed by atoms with Crippen LogP contribution >= 0.6 is 15.9 Å². The molecule has 0 radical (unpaired) electrons. The van der Waals surface area contributed by atoms with Crippen molar-refractivity contribution in [2.24, 2.45) is 0 Å².